The molecule has 0 aromatic carbocycles. The van der Waals surface area contributed by atoms with Crippen LogP contribution in [0.5, 0.6) is 0 Å². The molecular weight excluding hydrogens is 186 g/mol. The largest absolute Gasteiger partial charge is 0.370 e. The minimum absolute atomic E-state index is 0.113. The Morgan fingerprint density at radius 1 is 1.57 bits per heavy atom. The number of imide groups is 1. The zero-order valence-corrected chi connectivity index (χ0v) is 7.95. The van der Waals surface area contributed by atoms with E-state index in [1.54, 1.807) is 6.92 Å². The lowest BCUT2D eigenvalue weighted by Gasteiger charge is -2.18. The molecule has 14 heavy (non-hydrogen) atoms. The van der Waals surface area contributed by atoms with Crippen molar-refractivity contribution in [3.05, 3.63) is 0 Å². The molecule has 3 N–H and O–H groups in total. The first kappa shape index (κ1) is 10.5. The zero-order valence-electron chi connectivity index (χ0n) is 7.95. The van der Waals surface area contributed by atoms with E-state index in [0.717, 1.165) is 0 Å². The Morgan fingerprint density at radius 3 is 2.71 bits per heavy atom. The van der Waals surface area contributed by atoms with Crippen LogP contribution in [0.25, 0.3) is 0 Å². The number of primary amides is 1. The van der Waals surface area contributed by atoms with Crippen LogP contribution in [0.15, 0.2) is 0 Å². The van der Waals surface area contributed by atoms with Gasteiger partial charge in [0.1, 0.15) is 6.04 Å². The van der Waals surface area contributed by atoms with Crippen molar-refractivity contribution in [2.24, 2.45) is 5.73 Å². The highest BCUT2D eigenvalue weighted by Crippen LogP contribution is 2.13. The van der Waals surface area contributed by atoms with Crippen molar-refractivity contribution < 1.29 is 14.4 Å². The van der Waals surface area contributed by atoms with Gasteiger partial charge < -0.3 is 10.6 Å². The molecule has 0 aliphatic carbocycles. The fourth-order valence-electron chi connectivity index (χ4n) is 1.47. The van der Waals surface area contributed by atoms with E-state index in [-0.39, 0.29) is 12.3 Å². The first-order chi connectivity index (χ1) is 6.56. The molecule has 6 nitrogen and oxygen atoms in total. The molecule has 0 spiro atoms. The van der Waals surface area contributed by atoms with Gasteiger partial charge in [-0.15, -0.1) is 0 Å². The summed E-state index contributed by atoms with van der Waals surface area (Å²) >= 11 is 0. The summed E-state index contributed by atoms with van der Waals surface area (Å²) in [5, 5.41) is 2.19. The summed E-state index contributed by atoms with van der Waals surface area (Å²) in [5.74, 6) is -0.814. The van der Waals surface area contributed by atoms with Crippen molar-refractivity contribution in [1.82, 2.24) is 10.2 Å². The number of urea groups is 1. The lowest BCUT2D eigenvalue weighted by molar-refractivity contribution is -0.122. The predicted octanol–water partition coefficient (Wildman–Crippen LogP) is -0.808. The van der Waals surface area contributed by atoms with Crippen molar-refractivity contribution in [1.29, 1.82) is 0 Å². The maximum Gasteiger partial charge on any atom is 0.324 e. The SMILES string of the molecule is CCN1C(=O)NC(=O)C1CCC(N)=O. The molecule has 4 amide bonds. The number of nitrogens with one attached hydrogen (secondary N) is 1. The van der Waals surface area contributed by atoms with Gasteiger partial charge in [0.05, 0.1) is 0 Å². The van der Waals surface area contributed by atoms with E-state index in [4.69, 9.17) is 5.73 Å². The third-order valence-electron chi connectivity index (χ3n) is 2.17. The van der Waals surface area contributed by atoms with Gasteiger partial charge in [-0.3, -0.25) is 14.9 Å². The van der Waals surface area contributed by atoms with Crippen LogP contribution >= 0.6 is 0 Å². The highest BCUT2D eigenvalue weighted by molar-refractivity contribution is 6.04. The van der Waals surface area contributed by atoms with Crippen molar-refractivity contribution in [2.45, 2.75) is 25.8 Å². The third kappa shape index (κ3) is 2.01. The molecule has 0 radical (unpaired) electrons. The van der Waals surface area contributed by atoms with E-state index < -0.39 is 18.0 Å². The standard InChI is InChI=1S/C8H13N3O3/c1-2-11-5(3-4-6(9)12)7(13)10-8(11)14/h5H,2-4H2,1H3,(H2,9,12)(H,10,13,14). The zero-order chi connectivity index (χ0) is 10.7. The van der Waals surface area contributed by atoms with E-state index in [9.17, 15) is 14.4 Å². The minimum atomic E-state index is -0.542. The van der Waals surface area contributed by atoms with Crippen LogP contribution in [0.2, 0.25) is 0 Å². The summed E-state index contributed by atoms with van der Waals surface area (Å²) < 4.78 is 0. The number of likely N-dealkylation sites (N-methyl/N-ethyl adjacent to an activating group) is 1. The normalized spacial score (nSPS) is 21.2. The maximum atomic E-state index is 11.2. The van der Waals surface area contributed by atoms with Crippen molar-refractivity contribution in [3.63, 3.8) is 0 Å². The Hall–Kier alpha value is -1.59. The van der Waals surface area contributed by atoms with Gasteiger partial charge in [0.2, 0.25) is 5.91 Å². The first-order valence-electron chi connectivity index (χ1n) is 4.46. The molecule has 1 unspecified atom stereocenters. The van der Waals surface area contributed by atoms with Crippen LogP contribution in [0, 0.1) is 0 Å². The highest BCUT2D eigenvalue weighted by atomic mass is 16.2. The van der Waals surface area contributed by atoms with Crippen LogP contribution in [-0.4, -0.2) is 35.3 Å². The van der Waals surface area contributed by atoms with Crippen LogP contribution in [0.3, 0.4) is 0 Å². The number of nitrogens with zero attached hydrogens (tertiary/aromatic N) is 1. The minimum Gasteiger partial charge on any atom is -0.370 e. The van der Waals surface area contributed by atoms with E-state index in [0.29, 0.717) is 13.0 Å². The molecule has 1 rings (SSSR count). The summed E-state index contributed by atoms with van der Waals surface area (Å²) in [6.07, 6.45) is 0.405. The van der Waals surface area contributed by atoms with Crippen LogP contribution in [0.1, 0.15) is 19.8 Å². The molecule has 78 valence electrons. The summed E-state index contributed by atoms with van der Waals surface area (Å²) in [5.41, 5.74) is 4.96. The molecule has 1 saturated heterocycles. The molecule has 1 heterocycles. The molecule has 0 aromatic heterocycles. The molecule has 1 fully saturated rings. The molecule has 0 bridgehead atoms. The first-order valence-corrected chi connectivity index (χ1v) is 4.46. The highest BCUT2D eigenvalue weighted by Gasteiger charge is 2.36. The van der Waals surface area contributed by atoms with Crippen LogP contribution in [-0.2, 0) is 9.59 Å². The Labute approximate surface area is 81.4 Å². The molecule has 0 aromatic rings. The van der Waals surface area contributed by atoms with E-state index in [1.807, 2.05) is 0 Å². The van der Waals surface area contributed by atoms with Crippen molar-refractivity contribution in [3.8, 4) is 0 Å². The quantitative estimate of drug-likeness (QED) is 0.580. The number of nitrogens with two attached hydrogens (primary N) is 1. The Bertz CT molecular complexity index is 277. The topological polar surface area (TPSA) is 92.5 Å². The smallest absolute Gasteiger partial charge is 0.324 e. The fourth-order valence-corrected chi connectivity index (χ4v) is 1.47. The number of amides is 4. The van der Waals surface area contributed by atoms with Crippen LogP contribution < -0.4 is 11.1 Å². The number of carbonyl (C=O) groups excluding carboxylic acids is 3. The second-order valence-electron chi connectivity index (χ2n) is 3.10. The molecule has 6 heteroatoms. The van der Waals surface area contributed by atoms with Crippen molar-refractivity contribution >= 4 is 17.8 Å². The summed E-state index contributed by atoms with van der Waals surface area (Å²) in [4.78, 5) is 34.3. The maximum absolute atomic E-state index is 11.2. The van der Waals surface area contributed by atoms with Gasteiger partial charge in [-0.25, -0.2) is 4.79 Å². The monoisotopic (exact) mass is 199 g/mol. The lowest BCUT2D eigenvalue weighted by Crippen LogP contribution is -2.35. The van der Waals surface area contributed by atoms with Gasteiger partial charge in [-0.1, -0.05) is 0 Å². The van der Waals surface area contributed by atoms with Gasteiger partial charge in [0.15, 0.2) is 0 Å². The summed E-state index contributed by atoms with van der Waals surface area (Å²) in [7, 11) is 0. The van der Waals surface area contributed by atoms with Gasteiger partial charge in [0, 0.05) is 13.0 Å². The van der Waals surface area contributed by atoms with Gasteiger partial charge in [-0.2, -0.15) is 0 Å². The number of hydrogen-bond acceptors (Lipinski definition) is 3. The van der Waals surface area contributed by atoms with E-state index >= 15 is 0 Å². The van der Waals surface area contributed by atoms with Gasteiger partial charge in [-0.05, 0) is 13.3 Å². The summed E-state index contributed by atoms with van der Waals surface area (Å²) in [6.45, 7) is 2.22. The average molecular weight is 199 g/mol. The van der Waals surface area contributed by atoms with Crippen LogP contribution in [0.4, 0.5) is 4.79 Å². The van der Waals surface area contributed by atoms with Gasteiger partial charge in [0.25, 0.3) is 5.91 Å². The fraction of sp³-hybridized carbons (Fsp3) is 0.625. The molecule has 1 aliphatic heterocycles. The Morgan fingerprint density at radius 2 is 2.21 bits per heavy atom. The second kappa shape index (κ2) is 4.08. The second-order valence-corrected chi connectivity index (χ2v) is 3.10. The average Bonchev–Trinajstić information content (AvgIpc) is 2.36. The van der Waals surface area contributed by atoms with E-state index in [2.05, 4.69) is 5.32 Å². The molecule has 1 aliphatic rings. The Kier molecular flexibility index (Phi) is 3.06. The predicted molar refractivity (Wildman–Crippen MR) is 48.1 cm³/mol. The molecule has 1 atom stereocenters. The number of hydrogen-bond donors (Lipinski definition) is 2. The van der Waals surface area contributed by atoms with Crippen molar-refractivity contribution in [2.75, 3.05) is 6.54 Å². The summed E-state index contributed by atoms with van der Waals surface area (Å²) in [6, 6.07) is -0.938. The lowest BCUT2D eigenvalue weighted by atomic mass is 10.1. The molecular formula is C8H13N3O3. The number of rotatable bonds is 4. The van der Waals surface area contributed by atoms with Gasteiger partial charge >= 0.3 is 6.03 Å². The van der Waals surface area contributed by atoms with E-state index in [1.165, 1.54) is 4.90 Å². The molecule has 0 saturated carbocycles. The third-order valence-corrected chi connectivity index (χ3v) is 2.17. The Balaban J connectivity index is 2.60. The number of carbonyl (C=O) groups is 3.